The van der Waals surface area contributed by atoms with Crippen LogP contribution in [0.2, 0.25) is 0 Å². The minimum absolute atomic E-state index is 0.215. The van der Waals surface area contributed by atoms with E-state index in [0.717, 1.165) is 28.0 Å². The predicted octanol–water partition coefficient (Wildman–Crippen LogP) is 3.22. The van der Waals surface area contributed by atoms with Gasteiger partial charge in [-0.25, -0.2) is 10.2 Å². The number of rotatable bonds is 7. The first-order chi connectivity index (χ1) is 14.0. The topological polar surface area (TPSA) is 90.1 Å². The molecule has 0 radical (unpaired) electrons. The molecule has 3 rings (SSSR count). The normalized spacial score (nSPS) is 11.3. The summed E-state index contributed by atoms with van der Waals surface area (Å²) in [6.45, 7) is 3.44. The lowest BCUT2D eigenvalue weighted by Gasteiger charge is -2.09. The molecule has 0 aliphatic carbocycles. The average Bonchev–Trinajstić information content (AvgIpc) is 2.70. The number of carbonyl (C=O) groups excluding carboxylic acids is 1. The Bertz CT molecular complexity index is 1120. The minimum Gasteiger partial charge on any atom is -0.496 e. The maximum atomic E-state index is 12.0. The van der Waals surface area contributed by atoms with E-state index in [-0.39, 0.29) is 6.61 Å². The molecule has 1 aromatic heterocycles. The molecule has 0 saturated carbocycles. The largest absolute Gasteiger partial charge is 0.496 e. The zero-order valence-corrected chi connectivity index (χ0v) is 16.5. The van der Waals surface area contributed by atoms with E-state index in [9.17, 15) is 9.59 Å². The fourth-order valence-electron chi connectivity index (χ4n) is 2.90. The van der Waals surface area contributed by atoms with Crippen LogP contribution in [0, 0.1) is 6.92 Å². The van der Waals surface area contributed by atoms with Crippen LogP contribution < -0.4 is 20.5 Å². The zero-order chi connectivity index (χ0) is 20.8. The van der Waals surface area contributed by atoms with Gasteiger partial charge in [0.15, 0.2) is 6.61 Å². The highest BCUT2D eigenvalue weighted by molar-refractivity contribution is 5.87. The highest BCUT2D eigenvalue weighted by Gasteiger charge is 2.07. The van der Waals surface area contributed by atoms with Gasteiger partial charge in [-0.3, -0.25) is 4.79 Å². The maximum absolute atomic E-state index is 12.0. The number of nitrogens with one attached hydrogen (secondary N) is 1. The van der Waals surface area contributed by atoms with Crippen LogP contribution in [-0.4, -0.2) is 25.3 Å². The summed E-state index contributed by atoms with van der Waals surface area (Å²) >= 11 is 0. The van der Waals surface area contributed by atoms with Crippen molar-refractivity contribution in [3.8, 4) is 11.5 Å². The molecule has 0 unspecified atom stereocenters. The summed E-state index contributed by atoms with van der Waals surface area (Å²) in [5, 5.41) is 4.92. The number of aryl methyl sites for hydroxylation is 1. The van der Waals surface area contributed by atoms with Crippen LogP contribution >= 0.6 is 0 Å². The third-order valence-electron chi connectivity index (χ3n) is 4.30. The van der Waals surface area contributed by atoms with E-state index in [2.05, 4.69) is 10.5 Å². The number of carbonyl (C=O) groups is 1. The van der Waals surface area contributed by atoms with Gasteiger partial charge in [0.1, 0.15) is 17.1 Å². The molecule has 3 aromatic rings. The summed E-state index contributed by atoms with van der Waals surface area (Å²) in [7, 11) is 1.61. The van der Waals surface area contributed by atoms with Gasteiger partial charge in [0.25, 0.3) is 5.91 Å². The molecule has 0 spiro atoms. The van der Waals surface area contributed by atoms with Gasteiger partial charge < -0.3 is 13.9 Å². The van der Waals surface area contributed by atoms with Crippen LogP contribution in [0.25, 0.3) is 11.0 Å². The van der Waals surface area contributed by atoms with Crippen molar-refractivity contribution in [3.63, 3.8) is 0 Å². The Kier molecular flexibility index (Phi) is 6.29. The van der Waals surface area contributed by atoms with Gasteiger partial charge in [-0.05, 0) is 43.2 Å². The molecule has 0 saturated heterocycles. The second-order valence-corrected chi connectivity index (χ2v) is 6.57. The van der Waals surface area contributed by atoms with E-state index < -0.39 is 11.5 Å². The first kappa shape index (κ1) is 20.1. The summed E-state index contributed by atoms with van der Waals surface area (Å²) in [4.78, 5) is 23.5. The van der Waals surface area contributed by atoms with Gasteiger partial charge >= 0.3 is 5.63 Å². The Morgan fingerprint density at radius 3 is 2.76 bits per heavy atom. The second kappa shape index (κ2) is 9.05. The fourth-order valence-corrected chi connectivity index (χ4v) is 2.90. The summed E-state index contributed by atoms with van der Waals surface area (Å²) < 4.78 is 16.0. The van der Waals surface area contributed by atoms with E-state index in [1.54, 1.807) is 25.3 Å². The summed E-state index contributed by atoms with van der Waals surface area (Å²) in [5.41, 5.74) is 4.99. The number of amides is 1. The molecule has 7 nitrogen and oxygen atoms in total. The number of fused-ring (bicyclic) bond motifs is 1. The number of para-hydroxylation sites is 1. The van der Waals surface area contributed by atoms with Gasteiger partial charge in [0, 0.05) is 29.7 Å². The van der Waals surface area contributed by atoms with Gasteiger partial charge in [-0.1, -0.05) is 18.2 Å². The van der Waals surface area contributed by atoms with Crippen LogP contribution in [0.3, 0.4) is 0 Å². The molecule has 0 fully saturated rings. The predicted molar refractivity (Wildman–Crippen MR) is 111 cm³/mol. The van der Waals surface area contributed by atoms with Crippen molar-refractivity contribution in [2.75, 3.05) is 13.7 Å². The number of nitrogens with zero attached hydrogens (tertiary/aromatic N) is 1. The van der Waals surface area contributed by atoms with Gasteiger partial charge in [-0.2, -0.15) is 5.10 Å². The maximum Gasteiger partial charge on any atom is 0.336 e. The molecule has 7 heteroatoms. The molecule has 0 atom stereocenters. The van der Waals surface area contributed by atoms with Crippen molar-refractivity contribution >= 4 is 22.6 Å². The Balaban J connectivity index is 1.57. The van der Waals surface area contributed by atoms with Gasteiger partial charge in [0.05, 0.1) is 7.11 Å². The van der Waals surface area contributed by atoms with Crippen molar-refractivity contribution in [3.05, 3.63) is 70.1 Å². The first-order valence-electron chi connectivity index (χ1n) is 9.07. The number of hydrazone groups is 1. The molecular formula is C22H22N2O5. The molecule has 0 aliphatic heterocycles. The van der Waals surface area contributed by atoms with Gasteiger partial charge in [0.2, 0.25) is 0 Å². The number of hydrogen-bond acceptors (Lipinski definition) is 6. The van der Waals surface area contributed by atoms with E-state index in [0.29, 0.717) is 17.8 Å². The van der Waals surface area contributed by atoms with E-state index >= 15 is 0 Å². The molecule has 0 aliphatic rings. The smallest absolute Gasteiger partial charge is 0.336 e. The lowest BCUT2D eigenvalue weighted by molar-refractivity contribution is -0.123. The Labute approximate surface area is 167 Å². The third kappa shape index (κ3) is 5.22. The standard InChI is InChI=1S/C22H22N2O5/c1-14-10-22(26)29-20-12-17(8-9-18(14)20)28-13-21(25)24-23-15(2)11-16-6-4-5-7-19(16)27-3/h4-10,12H,11,13H2,1-3H3,(H,24,25)/b23-15-. The SMILES string of the molecule is COc1ccccc1C/C(C)=N\NC(=O)COc1ccc2c(C)cc(=O)oc2c1. The van der Waals surface area contributed by atoms with E-state index in [1.807, 2.05) is 38.1 Å². The lowest BCUT2D eigenvalue weighted by atomic mass is 10.1. The molecule has 2 aromatic carbocycles. The quantitative estimate of drug-likeness (QED) is 0.377. The fraction of sp³-hybridized carbons (Fsp3) is 0.227. The van der Waals surface area contributed by atoms with Crippen molar-refractivity contribution < 1.29 is 18.7 Å². The van der Waals surface area contributed by atoms with Crippen LogP contribution in [0.5, 0.6) is 11.5 Å². The highest BCUT2D eigenvalue weighted by Crippen LogP contribution is 2.22. The monoisotopic (exact) mass is 394 g/mol. The van der Waals surface area contributed by atoms with E-state index in [1.165, 1.54) is 6.07 Å². The summed E-state index contributed by atoms with van der Waals surface area (Å²) in [6, 6.07) is 14.2. The molecule has 1 N–H and O–H groups in total. The second-order valence-electron chi connectivity index (χ2n) is 6.57. The summed E-state index contributed by atoms with van der Waals surface area (Å²) in [6.07, 6.45) is 0.550. The van der Waals surface area contributed by atoms with Gasteiger partial charge in [-0.15, -0.1) is 0 Å². The van der Waals surface area contributed by atoms with Crippen LogP contribution in [0.4, 0.5) is 0 Å². The number of methoxy groups -OCH3 is 1. The molecule has 150 valence electrons. The molecule has 1 amide bonds. The van der Waals surface area contributed by atoms with Crippen LogP contribution in [-0.2, 0) is 11.2 Å². The lowest BCUT2D eigenvalue weighted by Crippen LogP contribution is -2.25. The van der Waals surface area contributed by atoms with Crippen molar-refractivity contribution in [1.82, 2.24) is 5.43 Å². The number of ether oxygens (including phenoxy) is 2. The van der Waals surface area contributed by atoms with Crippen molar-refractivity contribution in [1.29, 1.82) is 0 Å². The molecule has 29 heavy (non-hydrogen) atoms. The molecule has 1 heterocycles. The van der Waals surface area contributed by atoms with Crippen LogP contribution in [0.15, 0.2) is 62.8 Å². The van der Waals surface area contributed by atoms with E-state index in [4.69, 9.17) is 13.9 Å². The number of benzene rings is 2. The minimum atomic E-state index is -0.426. The van der Waals surface area contributed by atoms with Crippen molar-refractivity contribution in [2.45, 2.75) is 20.3 Å². The Morgan fingerprint density at radius 1 is 1.17 bits per heavy atom. The average molecular weight is 394 g/mol. The third-order valence-corrected chi connectivity index (χ3v) is 4.30. The van der Waals surface area contributed by atoms with Crippen molar-refractivity contribution in [2.24, 2.45) is 5.10 Å². The first-order valence-corrected chi connectivity index (χ1v) is 9.07. The number of hydrogen-bond donors (Lipinski definition) is 1. The highest BCUT2D eigenvalue weighted by atomic mass is 16.5. The zero-order valence-electron chi connectivity index (χ0n) is 16.5. The Morgan fingerprint density at radius 2 is 1.97 bits per heavy atom. The van der Waals surface area contributed by atoms with Crippen LogP contribution in [0.1, 0.15) is 18.1 Å². The summed E-state index contributed by atoms with van der Waals surface area (Å²) in [5.74, 6) is 0.807. The Hall–Kier alpha value is -3.61. The molecular weight excluding hydrogens is 372 g/mol. The molecule has 0 bridgehead atoms.